The molecule has 1 atom stereocenters. The van der Waals surface area contributed by atoms with Crippen LogP contribution in [0, 0.1) is 5.41 Å². The van der Waals surface area contributed by atoms with Crippen molar-refractivity contribution in [1.29, 1.82) is 0 Å². The molecule has 0 aliphatic carbocycles. The second-order valence-electron chi connectivity index (χ2n) is 10.3. The van der Waals surface area contributed by atoms with Gasteiger partial charge in [0.05, 0.1) is 18.7 Å². The fraction of sp³-hybridized carbons (Fsp3) is 0.542. The summed E-state index contributed by atoms with van der Waals surface area (Å²) in [4.78, 5) is 24.0. The summed E-state index contributed by atoms with van der Waals surface area (Å²) in [6, 6.07) is 4.13. The van der Waals surface area contributed by atoms with Crippen molar-refractivity contribution in [1.82, 2.24) is 9.78 Å². The van der Waals surface area contributed by atoms with E-state index in [0.29, 0.717) is 6.54 Å². The Morgan fingerprint density at radius 2 is 1.87 bits per heavy atom. The molecule has 1 aromatic carbocycles. The lowest BCUT2D eigenvalue weighted by molar-refractivity contribution is -0.257. The molecular formula is C24H30ClF3N4O6S. The Balaban J connectivity index is 2.02. The Morgan fingerprint density at radius 1 is 1.23 bits per heavy atom. The van der Waals surface area contributed by atoms with E-state index in [1.807, 2.05) is 0 Å². The number of hydrogen-bond acceptors (Lipinski definition) is 7. The number of sulfonamides is 1. The zero-order valence-corrected chi connectivity index (χ0v) is 23.6. The second-order valence-corrected chi connectivity index (χ2v) is 12.5. The molecule has 2 aromatic rings. The molecule has 0 spiro atoms. The topological polar surface area (TPSA) is 134 Å². The van der Waals surface area contributed by atoms with Crippen LogP contribution < -0.4 is 14.8 Å². The number of fused-ring (bicyclic) bond motifs is 1. The molecule has 0 fully saturated rings. The van der Waals surface area contributed by atoms with Crippen LogP contribution in [0.2, 0.25) is 5.15 Å². The number of amides is 1. The third-order valence-electron chi connectivity index (χ3n) is 6.34. The van der Waals surface area contributed by atoms with Gasteiger partial charge in [0.2, 0.25) is 11.5 Å². The summed E-state index contributed by atoms with van der Waals surface area (Å²) in [6.07, 6.45) is -4.79. The highest BCUT2D eigenvalue weighted by atomic mass is 35.5. The monoisotopic (exact) mass is 594 g/mol. The van der Waals surface area contributed by atoms with Crippen molar-refractivity contribution in [2.75, 3.05) is 10.8 Å². The van der Waals surface area contributed by atoms with Crippen LogP contribution in [0.15, 0.2) is 29.3 Å². The first-order chi connectivity index (χ1) is 17.8. The molecule has 1 amide bonds. The average Bonchev–Trinajstić information content (AvgIpc) is 3.18. The first kappa shape index (κ1) is 30.5. The van der Waals surface area contributed by atoms with Crippen molar-refractivity contribution in [3.05, 3.63) is 35.1 Å². The summed E-state index contributed by atoms with van der Waals surface area (Å²) in [6.45, 7) is 6.52. The van der Waals surface area contributed by atoms with Crippen molar-refractivity contribution >= 4 is 39.2 Å². The number of esters is 1. The molecular weight excluding hydrogens is 565 g/mol. The minimum absolute atomic E-state index is 0.0313. The summed E-state index contributed by atoms with van der Waals surface area (Å²) < 4.78 is 80.0. The van der Waals surface area contributed by atoms with Crippen molar-refractivity contribution < 1.29 is 40.7 Å². The number of anilines is 1. The minimum Gasteiger partial charge on any atom is -0.486 e. The van der Waals surface area contributed by atoms with Crippen molar-refractivity contribution in [2.45, 2.75) is 76.8 Å². The van der Waals surface area contributed by atoms with E-state index in [0.717, 1.165) is 18.2 Å². The van der Waals surface area contributed by atoms with Gasteiger partial charge < -0.3 is 15.2 Å². The third-order valence-corrected chi connectivity index (χ3v) is 8.51. The van der Waals surface area contributed by atoms with E-state index in [9.17, 15) is 31.2 Å². The van der Waals surface area contributed by atoms with Crippen LogP contribution in [0.3, 0.4) is 0 Å². The van der Waals surface area contributed by atoms with Gasteiger partial charge in [-0.15, -0.1) is 0 Å². The predicted octanol–water partition coefficient (Wildman–Crippen LogP) is 3.84. The average molecular weight is 595 g/mol. The molecule has 0 unspecified atom stereocenters. The van der Waals surface area contributed by atoms with Crippen molar-refractivity contribution in [3.8, 4) is 5.75 Å². The van der Waals surface area contributed by atoms with Gasteiger partial charge in [-0.1, -0.05) is 31.5 Å². The fourth-order valence-corrected chi connectivity index (χ4v) is 5.80. The van der Waals surface area contributed by atoms with E-state index in [4.69, 9.17) is 22.1 Å². The lowest BCUT2D eigenvalue weighted by atomic mass is 9.85. The molecule has 1 aliphatic rings. The maximum atomic E-state index is 13.8. The van der Waals surface area contributed by atoms with Gasteiger partial charge in [0.25, 0.3) is 10.0 Å². The molecule has 3 rings (SSSR count). The van der Waals surface area contributed by atoms with Gasteiger partial charge in [-0.05, 0) is 44.9 Å². The highest BCUT2D eigenvalue weighted by Crippen LogP contribution is 2.41. The number of rotatable bonds is 9. The number of ether oxygens (including phenoxy) is 2. The van der Waals surface area contributed by atoms with E-state index < -0.39 is 51.6 Å². The van der Waals surface area contributed by atoms with E-state index >= 15 is 0 Å². The zero-order valence-electron chi connectivity index (χ0n) is 22.0. The number of halogens is 4. The molecule has 2 heterocycles. The molecule has 1 aromatic heterocycles. The maximum absolute atomic E-state index is 13.8. The Morgan fingerprint density at radius 3 is 2.41 bits per heavy atom. The number of primary amides is 1. The largest absolute Gasteiger partial charge is 0.486 e. The molecule has 39 heavy (non-hydrogen) atoms. The number of benzene rings is 1. The molecule has 0 bridgehead atoms. The third kappa shape index (κ3) is 6.43. The lowest BCUT2D eigenvalue weighted by Gasteiger charge is -2.38. The summed E-state index contributed by atoms with van der Waals surface area (Å²) in [5.74, 6) is -1.65. The second kappa shape index (κ2) is 10.5. The Kier molecular flexibility index (Phi) is 8.24. The summed E-state index contributed by atoms with van der Waals surface area (Å²) in [5, 5.41) is 3.73. The first-order valence-corrected chi connectivity index (χ1v) is 13.7. The van der Waals surface area contributed by atoms with Gasteiger partial charge in [0.15, 0.2) is 5.15 Å². The van der Waals surface area contributed by atoms with Gasteiger partial charge in [-0.25, -0.2) is 8.42 Å². The normalized spacial score (nSPS) is 16.4. The molecule has 1 aliphatic heterocycles. The minimum atomic E-state index is -4.78. The van der Waals surface area contributed by atoms with Crippen molar-refractivity contribution in [3.63, 3.8) is 0 Å². The first-order valence-electron chi connectivity index (χ1n) is 11.9. The van der Waals surface area contributed by atoms with E-state index in [1.165, 1.54) is 29.1 Å². The SMILES string of the molecule is CCn1cc(S(=O)(=O)N2C[C@H](CC(C)(C)C(N)=O)Oc3ccc(CC(=O)OC(C)(C)C(F)(F)F)cc32)c(Cl)n1. The fourth-order valence-electron chi connectivity index (χ4n) is 3.85. The number of carbonyl (C=O) groups excluding carboxylic acids is 2. The number of aromatic nitrogens is 2. The van der Waals surface area contributed by atoms with Crippen LogP contribution in [-0.4, -0.2) is 54.5 Å². The van der Waals surface area contributed by atoms with Gasteiger partial charge in [-0.3, -0.25) is 18.6 Å². The summed E-state index contributed by atoms with van der Waals surface area (Å²) in [7, 11) is -4.34. The van der Waals surface area contributed by atoms with Crippen LogP contribution in [0.5, 0.6) is 5.75 Å². The standard InChI is InChI=1S/C24H30ClF3N4O6S/c1-6-31-13-18(20(25)30-31)39(35,36)32-12-15(11-22(2,3)21(29)34)37-17-8-7-14(9-16(17)32)10-19(33)38-23(4,5)24(26,27)28/h7-9,13,15H,6,10-12H2,1-5H3,(H2,29,34)/t15-/m0/s1. The number of nitrogens with zero attached hydrogens (tertiary/aromatic N) is 3. The van der Waals surface area contributed by atoms with Crippen LogP contribution >= 0.6 is 11.6 Å². The van der Waals surface area contributed by atoms with E-state index in [-0.39, 0.29) is 40.0 Å². The zero-order chi connectivity index (χ0) is 29.6. The molecule has 10 nitrogen and oxygen atoms in total. The molecule has 0 saturated heterocycles. The molecule has 2 N–H and O–H groups in total. The molecule has 0 radical (unpaired) electrons. The number of nitrogens with two attached hydrogens (primary N) is 1. The van der Waals surface area contributed by atoms with Crippen LogP contribution in [0.4, 0.5) is 18.9 Å². The predicted molar refractivity (Wildman–Crippen MR) is 136 cm³/mol. The number of hydrogen-bond donors (Lipinski definition) is 1. The quantitative estimate of drug-likeness (QED) is 0.436. The summed E-state index contributed by atoms with van der Waals surface area (Å²) in [5.41, 5.74) is 1.97. The lowest BCUT2D eigenvalue weighted by Crippen LogP contribution is -2.47. The van der Waals surface area contributed by atoms with Gasteiger partial charge >= 0.3 is 12.1 Å². The highest BCUT2D eigenvalue weighted by molar-refractivity contribution is 7.93. The Bertz CT molecular complexity index is 1370. The van der Waals surface area contributed by atoms with Gasteiger partial charge in [-0.2, -0.15) is 18.3 Å². The van der Waals surface area contributed by atoms with E-state index in [1.54, 1.807) is 20.8 Å². The number of alkyl halides is 3. The van der Waals surface area contributed by atoms with Gasteiger partial charge in [0, 0.05) is 18.2 Å². The van der Waals surface area contributed by atoms with Crippen LogP contribution in [-0.2, 0) is 37.3 Å². The summed E-state index contributed by atoms with van der Waals surface area (Å²) >= 11 is 6.15. The molecule has 216 valence electrons. The van der Waals surface area contributed by atoms with Crippen LogP contribution in [0.25, 0.3) is 0 Å². The molecule has 15 heteroatoms. The Hall–Kier alpha value is -3.00. The highest BCUT2D eigenvalue weighted by Gasteiger charge is 2.50. The van der Waals surface area contributed by atoms with E-state index in [2.05, 4.69) is 9.84 Å². The smallest absolute Gasteiger partial charge is 0.427 e. The Labute approximate surface area is 229 Å². The maximum Gasteiger partial charge on any atom is 0.427 e. The number of aryl methyl sites for hydroxylation is 1. The van der Waals surface area contributed by atoms with Crippen molar-refractivity contribution in [2.24, 2.45) is 11.1 Å². The van der Waals surface area contributed by atoms with Gasteiger partial charge in [0.1, 0.15) is 16.7 Å². The number of carbonyl (C=O) groups is 2. The van der Waals surface area contributed by atoms with Crippen LogP contribution in [0.1, 0.15) is 46.6 Å². The molecule has 0 saturated carbocycles.